The van der Waals surface area contributed by atoms with Crippen molar-refractivity contribution in [2.24, 2.45) is 0 Å². The van der Waals surface area contributed by atoms with E-state index < -0.39 is 0 Å². The molecule has 3 aromatic carbocycles. The van der Waals surface area contributed by atoms with E-state index in [2.05, 4.69) is 24.3 Å². The number of benzene rings is 3. The van der Waals surface area contributed by atoms with Gasteiger partial charge in [-0.2, -0.15) is 0 Å². The zero-order valence-electron chi connectivity index (χ0n) is 14.2. The third-order valence-corrected chi connectivity index (χ3v) is 5.37. The highest BCUT2D eigenvalue weighted by molar-refractivity contribution is 5.47. The second-order valence-electron chi connectivity index (χ2n) is 6.93. The van der Waals surface area contributed by atoms with Crippen LogP contribution in [0.2, 0.25) is 0 Å². The van der Waals surface area contributed by atoms with E-state index in [1.807, 2.05) is 30.3 Å². The first-order chi connectivity index (χ1) is 12.1. The minimum Gasteiger partial charge on any atom is -0.508 e. The normalized spacial score (nSPS) is 19.4. The Morgan fingerprint density at radius 3 is 2.48 bits per heavy atom. The van der Waals surface area contributed by atoms with E-state index in [-0.39, 0.29) is 11.7 Å². The van der Waals surface area contributed by atoms with Crippen LogP contribution in [0.25, 0.3) is 0 Å². The van der Waals surface area contributed by atoms with Crippen LogP contribution in [0.15, 0.2) is 66.7 Å². The minimum absolute atomic E-state index is 0.0989. The standard InChI is InChI=1S/C23H21FO/c1-15-7-8-18(14-22(15)24)23-20(16-5-3-2-4-6-16)11-9-17-13-19(25)10-12-21(17)23/h2-8,10,12-14,20,23,25H,9,11H2,1H3/t20-,23+/m1/s1. The van der Waals surface area contributed by atoms with Crippen molar-refractivity contribution in [3.8, 4) is 5.75 Å². The molecular formula is C23H21FO. The van der Waals surface area contributed by atoms with Crippen LogP contribution in [-0.2, 0) is 6.42 Å². The van der Waals surface area contributed by atoms with Crippen molar-refractivity contribution < 1.29 is 9.50 Å². The molecule has 0 aromatic heterocycles. The molecule has 0 fully saturated rings. The summed E-state index contributed by atoms with van der Waals surface area (Å²) in [5.41, 5.74) is 5.32. The van der Waals surface area contributed by atoms with Crippen LogP contribution in [0, 0.1) is 12.7 Å². The first-order valence-corrected chi connectivity index (χ1v) is 8.76. The topological polar surface area (TPSA) is 20.2 Å². The lowest BCUT2D eigenvalue weighted by atomic mass is 9.69. The number of aryl methyl sites for hydroxylation is 2. The molecule has 0 unspecified atom stereocenters. The monoisotopic (exact) mass is 332 g/mol. The van der Waals surface area contributed by atoms with Crippen molar-refractivity contribution in [2.45, 2.75) is 31.6 Å². The highest BCUT2D eigenvalue weighted by Gasteiger charge is 2.32. The molecule has 1 nitrogen and oxygen atoms in total. The Morgan fingerprint density at radius 1 is 0.920 bits per heavy atom. The largest absolute Gasteiger partial charge is 0.508 e. The Kier molecular flexibility index (Phi) is 4.04. The van der Waals surface area contributed by atoms with E-state index in [1.54, 1.807) is 19.1 Å². The summed E-state index contributed by atoms with van der Waals surface area (Å²) in [5.74, 6) is 0.545. The maximum atomic E-state index is 14.3. The molecule has 0 aliphatic heterocycles. The summed E-state index contributed by atoms with van der Waals surface area (Å²) < 4.78 is 14.3. The molecule has 2 heteroatoms. The van der Waals surface area contributed by atoms with Gasteiger partial charge in [0.15, 0.2) is 0 Å². The van der Waals surface area contributed by atoms with Crippen molar-refractivity contribution in [1.29, 1.82) is 0 Å². The fourth-order valence-corrected chi connectivity index (χ4v) is 4.08. The molecule has 0 radical (unpaired) electrons. The number of phenols is 1. The van der Waals surface area contributed by atoms with E-state index in [1.165, 1.54) is 11.1 Å². The predicted octanol–water partition coefficient (Wildman–Crippen LogP) is 5.70. The van der Waals surface area contributed by atoms with Gasteiger partial charge in [-0.25, -0.2) is 4.39 Å². The molecule has 2 atom stereocenters. The van der Waals surface area contributed by atoms with Gasteiger partial charge in [0.05, 0.1) is 0 Å². The number of halogens is 1. The molecular weight excluding hydrogens is 311 g/mol. The molecule has 1 N–H and O–H groups in total. The van der Waals surface area contributed by atoms with E-state index in [9.17, 15) is 9.50 Å². The molecule has 0 heterocycles. The molecule has 0 saturated carbocycles. The van der Waals surface area contributed by atoms with E-state index in [0.29, 0.717) is 17.2 Å². The SMILES string of the molecule is Cc1ccc([C@@H]2c3ccc(O)cc3CC[C@@H]2c2ccccc2)cc1F. The van der Waals surface area contributed by atoms with Gasteiger partial charge in [-0.3, -0.25) is 0 Å². The van der Waals surface area contributed by atoms with Gasteiger partial charge >= 0.3 is 0 Å². The first-order valence-electron chi connectivity index (χ1n) is 8.76. The van der Waals surface area contributed by atoms with Crippen molar-refractivity contribution in [3.05, 3.63) is 100 Å². The van der Waals surface area contributed by atoms with Gasteiger partial charge in [-0.1, -0.05) is 48.5 Å². The average Bonchev–Trinajstić information content (AvgIpc) is 2.63. The Hall–Kier alpha value is -2.61. The highest BCUT2D eigenvalue weighted by atomic mass is 19.1. The lowest BCUT2D eigenvalue weighted by Gasteiger charge is -2.35. The molecule has 0 saturated heterocycles. The third-order valence-electron chi connectivity index (χ3n) is 5.37. The van der Waals surface area contributed by atoms with Crippen molar-refractivity contribution in [1.82, 2.24) is 0 Å². The Labute approximate surface area is 147 Å². The van der Waals surface area contributed by atoms with Crippen LogP contribution >= 0.6 is 0 Å². The highest BCUT2D eigenvalue weighted by Crippen LogP contribution is 2.47. The number of hydrogen-bond donors (Lipinski definition) is 1. The molecule has 1 aliphatic carbocycles. The molecule has 4 rings (SSSR count). The number of fused-ring (bicyclic) bond motifs is 1. The van der Waals surface area contributed by atoms with E-state index in [0.717, 1.165) is 24.0 Å². The Morgan fingerprint density at radius 2 is 1.72 bits per heavy atom. The van der Waals surface area contributed by atoms with Crippen molar-refractivity contribution in [2.75, 3.05) is 0 Å². The van der Waals surface area contributed by atoms with Crippen LogP contribution in [0.5, 0.6) is 5.75 Å². The van der Waals surface area contributed by atoms with Crippen LogP contribution in [0.4, 0.5) is 4.39 Å². The summed E-state index contributed by atoms with van der Waals surface area (Å²) in [6.45, 7) is 1.79. The van der Waals surface area contributed by atoms with Gasteiger partial charge in [0.25, 0.3) is 0 Å². The van der Waals surface area contributed by atoms with Gasteiger partial charge in [-0.15, -0.1) is 0 Å². The molecule has 126 valence electrons. The average molecular weight is 332 g/mol. The third kappa shape index (κ3) is 2.93. The number of phenolic OH excluding ortho intramolecular Hbond substituents is 1. The summed E-state index contributed by atoms with van der Waals surface area (Å²) in [7, 11) is 0. The number of aromatic hydroxyl groups is 1. The predicted molar refractivity (Wildman–Crippen MR) is 98.6 cm³/mol. The minimum atomic E-state index is -0.157. The second-order valence-corrected chi connectivity index (χ2v) is 6.93. The Balaban J connectivity index is 1.88. The van der Waals surface area contributed by atoms with Gasteiger partial charge < -0.3 is 5.11 Å². The molecule has 3 aromatic rings. The van der Waals surface area contributed by atoms with E-state index in [4.69, 9.17) is 0 Å². The van der Waals surface area contributed by atoms with Crippen molar-refractivity contribution in [3.63, 3.8) is 0 Å². The zero-order valence-corrected chi connectivity index (χ0v) is 14.2. The summed E-state index contributed by atoms with van der Waals surface area (Å²) in [6, 6.07) is 21.7. The van der Waals surface area contributed by atoms with Gasteiger partial charge in [0.1, 0.15) is 11.6 Å². The molecule has 1 aliphatic rings. The van der Waals surface area contributed by atoms with Crippen LogP contribution < -0.4 is 0 Å². The maximum absolute atomic E-state index is 14.3. The lowest BCUT2D eigenvalue weighted by Crippen LogP contribution is -2.20. The lowest BCUT2D eigenvalue weighted by molar-refractivity contribution is 0.469. The van der Waals surface area contributed by atoms with Crippen molar-refractivity contribution >= 4 is 0 Å². The second kappa shape index (κ2) is 6.36. The maximum Gasteiger partial charge on any atom is 0.126 e. The van der Waals surface area contributed by atoms with Crippen LogP contribution in [0.3, 0.4) is 0 Å². The van der Waals surface area contributed by atoms with Gasteiger partial charge in [0.2, 0.25) is 0 Å². The fraction of sp³-hybridized carbons (Fsp3) is 0.217. The summed E-state index contributed by atoms with van der Waals surface area (Å²) >= 11 is 0. The summed E-state index contributed by atoms with van der Waals surface area (Å²) in [5, 5.41) is 9.85. The number of rotatable bonds is 2. The fourth-order valence-electron chi connectivity index (χ4n) is 4.08. The van der Waals surface area contributed by atoms with E-state index >= 15 is 0 Å². The Bertz CT molecular complexity index is 901. The number of hydrogen-bond acceptors (Lipinski definition) is 1. The van der Waals surface area contributed by atoms with Gasteiger partial charge in [-0.05, 0) is 71.7 Å². The smallest absolute Gasteiger partial charge is 0.126 e. The summed E-state index contributed by atoms with van der Waals surface area (Å²) in [6.07, 6.45) is 1.91. The molecule has 0 spiro atoms. The molecule has 0 amide bonds. The first kappa shape index (κ1) is 15.9. The van der Waals surface area contributed by atoms with Crippen LogP contribution in [0.1, 0.15) is 46.1 Å². The van der Waals surface area contributed by atoms with Crippen LogP contribution in [-0.4, -0.2) is 5.11 Å². The van der Waals surface area contributed by atoms with Gasteiger partial charge in [0, 0.05) is 5.92 Å². The molecule has 25 heavy (non-hydrogen) atoms. The quantitative estimate of drug-likeness (QED) is 0.638. The zero-order chi connectivity index (χ0) is 17.4. The summed E-state index contributed by atoms with van der Waals surface area (Å²) in [4.78, 5) is 0. The molecule has 0 bridgehead atoms.